The normalized spacial score (nSPS) is 24.5. The van der Waals surface area contributed by atoms with Crippen LogP contribution < -0.4 is 5.73 Å². The number of carbonyl (C=O) groups excluding carboxylic acids is 1. The van der Waals surface area contributed by atoms with Gasteiger partial charge < -0.3 is 15.7 Å². The maximum Gasteiger partial charge on any atom is 0.326 e. The van der Waals surface area contributed by atoms with E-state index in [0.717, 1.165) is 6.42 Å². The molecule has 0 unspecified atom stereocenters. The van der Waals surface area contributed by atoms with Crippen LogP contribution >= 0.6 is 0 Å². The topological polar surface area (TPSA) is 83.6 Å². The van der Waals surface area contributed by atoms with Crippen LogP contribution in [0.15, 0.2) is 0 Å². The summed E-state index contributed by atoms with van der Waals surface area (Å²) in [6, 6.07) is -1.28. The van der Waals surface area contributed by atoms with Gasteiger partial charge in [0, 0.05) is 6.54 Å². The van der Waals surface area contributed by atoms with E-state index in [-0.39, 0.29) is 5.91 Å². The van der Waals surface area contributed by atoms with E-state index in [0.29, 0.717) is 13.0 Å². The van der Waals surface area contributed by atoms with Crippen molar-refractivity contribution in [1.29, 1.82) is 0 Å². The van der Waals surface area contributed by atoms with Gasteiger partial charge in [-0.3, -0.25) is 4.79 Å². The van der Waals surface area contributed by atoms with Gasteiger partial charge >= 0.3 is 5.97 Å². The summed E-state index contributed by atoms with van der Waals surface area (Å²) in [7, 11) is 0. The predicted octanol–water partition coefficient (Wildman–Crippen LogP) is -0.591. The van der Waals surface area contributed by atoms with Gasteiger partial charge in [0.2, 0.25) is 5.91 Å². The number of carboxylic acids is 1. The number of hydrogen-bond acceptors (Lipinski definition) is 3. The predicted molar refractivity (Wildman–Crippen MR) is 46.0 cm³/mol. The number of amides is 1. The highest BCUT2D eigenvalue weighted by atomic mass is 16.4. The first kappa shape index (κ1) is 9.98. The van der Waals surface area contributed by atoms with Gasteiger partial charge in [0.05, 0.1) is 6.04 Å². The third-order valence-corrected chi connectivity index (χ3v) is 2.21. The highest BCUT2D eigenvalue weighted by Gasteiger charge is 2.34. The monoisotopic (exact) mass is 186 g/mol. The minimum atomic E-state index is -0.938. The average molecular weight is 186 g/mol. The Morgan fingerprint density at radius 2 is 2.23 bits per heavy atom. The fraction of sp³-hybridized carbons (Fsp3) is 0.750. The van der Waals surface area contributed by atoms with E-state index in [1.165, 1.54) is 4.90 Å². The van der Waals surface area contributed by atoms with Crippen LogP contribution in [-0.2, 0) is 9.59 Å². The fourth-order valence-electron chi connectivity index (χ4n) is 1.55. The van der Waals surface area contributed by atoms with Crippen molar-refractivity contribution >= 4 is 11.9 Å². The van der Waals surface area contributed by atoms with Crippen molar-refractivity contribution in [3.63, 3.8) is 0 Å². The number of nitrogens with two attached hydrogens (primary N) is 1. The van der Waals surface area contributed by atoms with Crippen molar-refractivity contribution in [2.45, 2.75) is 31.8 Å². The van der Waals surface area contributed by atoms with Crippen molar-refractivity contribution in [2.24, 2.45) is 5.73 Å². The molecule has 74 valence electrons. The van der Waals surface area contributed by atoms with Crippen LogP contribution in [0, 0.1) is 0 Å². The van der Waals surface area contributed by atoms with Crippen molar-refractivity contribution in [1.82, 2.24) is 4.90 Å². The number of carbonyl (C=O) groups is 2. The van der Waals surface area contributed by atoms with Gasteiger partial charge in [0.1, 0.15) is 6.04 Å². The minimum Gasteiger partial charge on any atom is -0.480 e. The van der Waals surface area contributed by atoms with Crippen molar-refractivity contribution in [3.8, 4) is 0 Å². The number of hydrogen-bond donors (Lipinski definition) is 2. The molecule has 0 aliphatic carbocycles. The van der Waals surface area contributed by atoms with E-state index in [4.69, 9.17) is 10.8 Å². The summed E-state index contributed by atoms with van der Waals surface area (Å²) < 4.78 is 0. The highest BCUT2D eigenvalue weighted by Crippen LogP contribution is 2.17. The van der Waals surface area contributed by atoms with Crippen molar-refractivity contribution < 1.29 is 14.7 Å². The molecule has 1 saturated heterocycles. The van der Waals surface area contributed by atoms with Gasteiger partial charge in [-0.15, -0.1) is 0 Å². The van der Waals surface area contributed by atoms with Crippen LogP contribution in [-0.4, -0.2) is 40.5 Å². The first-order valence-corrected chi connectivity index (χ1v) is 4.33. The van der Waals surface area contributed by atoms with E-state index in [2.05, 4.69) is 0 Å². The van der Waals surface area contributed by atoms with E-state index in [9.17, 15) is 9.59 Å². The van der Waals surface area contributed by atoms with Gasteiger partial charge in [0.25, 0.3) is 0 Å². The van der Waals surface area contributed by atoms with Gasteiger partial charge in [-0.05, 0) is 19.8 Å². The molecule has 0 bridgehead atoms. The summed E-state index contributed by atoms with van der Waals surface area (Å²) >= 11 is 0. The van der Waals surface area contributed by atoms with Crippen LogP contribution in [0.3, 0.4) is 0 Å². The summed E-state index contributed by atoms with van der Waals surface area (Å²) in [6.07, 6.45) is 1.28. The molecular weight excluding hydrogens is 172 g/mol. The zero-order valence-electron chi connectivity index (χ0n) is 7.56. The molecule has 1 aliphatic heterocycles. The SMILES string of the molecule is C[C@@H](N)C(=O)N1CCC[C@H]1C(=O)O. The van der Waals surface area contributed by atoms with Crippen molar-refractivity contribution in [2.75, 3.05) is 6.54 Å². The second-order valence-electron chi connectivity index (χ2n) is 3.32. The van der Waals surface area contributed by atoms with Crippen LogP contribution in [0.2, 0.25) is 0 Å². The molecule has 1 heterocycles. The highest BCUT2D eigenvalue weighted by molar-refractivity contribution is 5.87. The van der Waals surface area contributed by atoms with E-state index < -0.39 is 18.1 Å². The molecule has 2 atom stereocenters. The van der Waals surface area contributed by atoms with Gasteiger partial charge in [-0.2, -0.15) is 0 Å². The summed E-state index contributed by atoms with van der Waals surface area (Å²) in [5.74, 6) is -1.21. The Bertz CT molecular complexity index is 227. The summed E-state index contributed by atoms with van der Waals surface area (Å²) in [5.41, 5.74) is 5.39. The Morgan fingerprint density at radius 3 is 2.69 bits per heavy atom. The molecule has 1 fully saturated rings. The minimum absolute atomic E-state index is 0.273. The van der Waals surface area contributed by atoms with Crippen LogP contribution in [0.1, 0.15) is 19.8 Å². The number of carboxylic acid groups (broad SMARTS) is 1. The summed E-state index contributed by atoms with van der Waals surface area (Å²) in [5, 5.41) is 8.78. The number of nitrogens with zero attached hydrogens (tertiary/aromatic N) is 1. The largest absolute Gasteiger partial charge is 0.480 e. The molecule has 0 radical (unpaired) electrons. The maximum atomic E-state index is 11.4. The first-order chi connectivity index (χ1) is 6.04. The first-order valence-electron chi connectivity index (χ1n) is 4.33. The molecule has 3 N–H and O–H groups in total. The second kappa shape index (κ2) is 3.74. The Kier molecular flexibility index (Phi) is 2.87. The smallest absolute Gasteiger partial charge is 0.326 e. The van der Waals surface area contributed by atoms with E-state index in [1.807, 2.05) is 0 Å². The third-order valence-electron chi connectivity index (χ3n) is 2.21. The summed E-state index contributed by atoms with van der Waals surface area (Å²) in [4.78, 5) is 23.5. The molecule has 0 saturated carbocycles. The Balaban J connectivity index is 2.68. The molecule has 0 spiro atoms. The lowest BCUT2D eigenvalue weighted by molar-refractivity contribution is -0.148. The molecule has 1 aliphatic rings. The lowest BCUT2D eigenvalue weighted by Gasteiger charge is -2.22. The van der Waals surface area contributed by atoms with Crippen LogP contribution in [0.5, 0.6) is 0 Å². The second-order valence-corrected chi connectivity index (χ2v) is 3.32. The number of likely N-dealkylation sites (tertiary alicyclic amines) is 1. The van der Waals surface area contributed by atoms with Crippen LogP contribution in [0.25, 0.3) is 0 Å². The molecule has 1 rings (SSSR count). The molecule has 5 nitrogen and oxygen atoms in total. The standard InChI is InChI=1S/C8H14N2O3/c1-5(9)7(11)10-4-2-3-6(10)8(12)13/h5-6H,2-4,9H2,1H3,(H,12,13)/t5-,6+/m1/s1. The van der Waals surface area contributed by atoms with Gasteiger partial charge in [0.15, 0.2) is 0 Å². The quantitative estimate of drug-likeness (QED) is 0.603. The molecule has 5 heteroatoms. The van der Waals surface area contributed by atoms with Gasteiger partial charge in [-0.1, -0.05) is 0 Å². The maximum absolute atomic E-state index is 11.4. The molecule has 0 aromatic rings. The number of rotatable bonds is 2. The van der Waals surface area contributed by atoms with Crippen LogP contribution in [0.4, 0.5) is 0 Å². The lowest BCUT2D eigenvalue weighted by atomic mass is 10.2. The molecule has 0 aromatic heterocycles. The Labute approximate surface area is 76.5 Å². The Morgan fingerprint density at radius 1 is 1.62 bits per heavy atom. The Hall–Kier alpha value is -1.10. The zero-order chi connectivity index (χ0) is 10.0. The molecular formula is C8H14N2O3. The fourth-order valence-corrected chi connectivity index (χ4v) is 1.55. The molecule has 0 aromatic carbocycles. The lowest BCUT2D eigenvalue weighted by Crippen LogP contribution is -2.47. The molecule has 1 amide bonds. The average Bonchev–Trinajstić information content (AvgIpc) is 2.50. The number of aliphatic carboxylic acids is 1. The zero-order valence-corrected chi connectivity index (χ0v) is 7.56. The van der Waals surface area contributed by atoms with E-state index >= 15 is 0 Å². The van der Waals surface area contributed by atoms with E-state index in [1.54, 1.807) is 6.92 Å². The third kappa shape index (κ3) is 1.98. The van der Waals surface area contributed by atoms with Gasteiger partial charge in [-0.25, -0.2) is 4.79 Å². The molecule has 13 heavy (non-hydrogen) atoms. The summed E-state index contributed by atoms with van der Waals surface area (Å²) in [6.45, 7) is 2.08. The van der Waals surface area contributed by atoms with Crippen molar-refractivity contribution in [3.05, 3.63) is 0 Å².